The van der Waals surface area contributed by atoms with Gasteiger partial charge in [-0.05, 0) is 58.6 Å². The minimum atomic E-state index is -0.504. The van der Waals surface area contributed by atoms with Crippen molar-refractivity contribution in [2.75, 3.05) is 6.54 Å². The zero-order chi connectivity index (χ0) is 18.2. The Bertz CT molecular complexity index is 773. The lowest BCUT2D eigenvalue weighted by Crippen LogP contribution is -2.36. The molecule has 1 atom stereocenters. The summed E-state index contributed by atoms with van der Waals surface area (Å²) in [6.07, 6.45) is 1.50. The summed E-state index contributed by atoms with van der Waals surface area (Å²) in [4.78, 5) is 14.2. The average molecular weight is 342 g/mol. The predicted octanol–water partition coefficient (Wildman–Crippen LogP) is 5.03. The summed E-state index contributed by atoms with van der Waals surface area (Å²) >= 11 is 0. The molecule has 1 aromatic carbocycles. The molecule has 1 aromatic heterocycles. The molecule has 0 spiro atoms. The van der Waals surface area contributed by atoms with Crippen molar-refractivity contribution >= 4 is 6.09 Å². The Kier molecular flexibility index (Phi) is 4.58. The Morgan fingerprint density at radius 1 is 1.32 bits per heavy atom. The van der Waals surface area contributed by atoms with Crippen LogP contribution < -0.4 is 0 Å². The highest BCUT2D eigenvalue weighted by molar-refractivity contribution is 5.69. The van der Waals surface area contributed by atoms with Gasteiger partial charge in [-0.3, -0.25) is 4.90 Å². The molecule has 2 heterocycles. The van der Waals surface area contributed by atoms with Crippen LogP contribution in [0, 0.1) is 13.8 Å². The molecule has 0 bridgehead atoms. The van der Waals surface area contributed by atoms with Crippen molar-refractivity contribution < 1.29 is 14.1 Å². The second kappa shape index (κ2) is 6.54. The minimum absolute atomic E-state index is 0.110. The van der Waals surface area contributed by atoms with Gasteiger partial charge in [-0.1, -0.05) is 23.4 Å². The molecular weight excluding hydrogens is 316 g/mol. The average Bonchev–Trinajstić information content (AvgIpc) is 3.16. The van der Waals surface area contributed by atoms with Crippen LogP contribution in [-0.2, 0) is 4.74 Å². The maximum Gasteiger partial charge on any atom is 0.410 e. The van der Waals surface area contributed by atoms with E-state index in [1.807, 2.05) is 39.0 Å². The van der Waals surface area contributed by atoms with E-state index in [0.717, 1.165) is 29.9 Å². The van der Waals surface area contributed by atoms with Gasteiger partial charge in [-0.15, -0.1) is 0 Å². The van der Waals surface area contributed by atoms with E-state index >= 15 is 0 Å². The van der Waals surface area contributed by atoms with Crippen LogP contribution in [-0.4, -0.2) is 28.3 Å². The molecule has 1 amide bonds. The number of benzene rings is 1. The summed E-state index contributed by atoms with van der Waals surface area (Å²) in [5.41, 5.74) is 3.79. The van der Waals surface area contributed by atoms with Crippen molar-refractivity contribution in [3.05, 3.63) is 41.2 Å². The number of ether oxygens (including phenoxy) is 1. The lowest BCUT2D eigenvalue weighted by molar-refractivity contribution is 0.0204. The van der Waals surface area contributed by atoms with E-state index in [2.05, 4.69) is 25.1 Å². The van der Waals surface area contributed by atoms with Gasteiger partial charge >= 0.3 is 6.09 Å². The summed E-state index contributed by atoms with van der Waals surface area (Å²) in [6.45, 7) is 10.5. The molecule has 5 heteroatoms. The van der Waals surface area contributed by atoms with E-state index in [1.54, 1.807) is 4.90 Å². The largest absolute Gasteiger partial charge is 0.444 e. The molecule has 1 saturated heterocycles. The molecule has 25 heavy (non-hydrogen) atoms. The highest BCUT2D eigenvalue weighted by Crippen LogP contribution is 2.35. The van der Waals surface area contributed by atoms with Crippen molar-refractivity contribution in [3.63, 3.8) is 0 Å². The molecule has 0 saturated carbocycles. The van der Waals surface area contributed by atoms with E-state index in [1.165, 1.54) is 11.1 Å². The second-order valence-electron chi connectivity index (χ2n) is 7.69. The van der Waals surface area contributed by atoms with E-state index in [9.17, 15) is 4.79 Å². The van der Waals surface area contributed by atoms with Gasteiger partial charge in [-0.25, -0.2) is 4.79 Å². The molecule has 134 valence electrons. The third kappa shape index (κ3) is 3.70. The topological polar surface area (TPSA) is 55.6 Å². The van der Waals surface area contributed by atoms with Crippen LogP contribution in [0.25, 0.3) is 11.3 Å². The van der Waals surface area contributed by atoms with Crippen LogP contribution in [0.1, 0.15) is 56.5 Å². The first-order valence-electron chi connectivity index (χ1n) is 8.79. The zero-order valence-corrected chi connectivity index (χ0v) is 15.6. The van der Waals surface area contributed by atoms with Crippen molar-refractivity contribution in [2.45, 2.75) is 59.1 Å². The molecular formula is C20H26N2O3. The van der Waals surface area contributed by atoms with Crippen LogP contribution in [0.4, 0.5) is 4.79 Å². The molecule has 0 radical (unpaired) electrons. The predicted molar refractivity (Wildman–Crippen MR) is 96.3 cm³/mol. The van der Waals surface area contributed by atoms with Gasteiger partial charge in [0, 0.05) is 18.2 Å². The highest BCUT2D eigenvalue weighted by Gasteiger charge is 2.35. The fraction of sp³-hybridized carbons (Fsp3) is 0.500. The third-order valence-electron chi connectivity index (χ3n) is 4.62. The second-order valence-corrected chi connectivity index (χ2v) is 7.69. The number of likely N-dealkylation sites (tertiary alicyclic amines) is 1. The smallest absolute Gasteiger partial charge is 0.410 e. The maximum atomic E-state index is 12.5. The highest BCUT2D eigenvalue weighted by atomic mass is 16.6. The van der Waals surface area contributed by atoms with Crippen LogP contribution in [0.5, 0.6) is 0 Å². The number of aryl methyl sites for hydroxylation is 1. The zero-order valence-electron chi connectivity index (χ0n) is 15.6. The summed E-state index contributed by atoms with van der Waals surface area (Å²) in [7, 11) is 0. The quantitative estimate of drug-likeness (QED) is 0.768. The third-order valence-corrected chi connectivity index (χ3v) is 4.62. The van der Waals surface area contributed by atoms with E-state index < -0.39 is 5.60 Å². The minimum Gasteiger partial charge on any atom is -0.444 e. The Hall–Kier alpha value is -2.30. The Balaban J connectivity index is 1.84. The standard InChI is InChI=1S/C20H26N2O3/c1-13-8-6-9-15(14(13)2)16-12-18(25-21-16)17-10-7-11-22(17)19(23)24-20(3,4)5/h6,8-9,12,17H,7,10-11H2,1-5H3/t17-/m0/s1. The van der Waals surface area contributed by atoms with Crippen molar-refractivity contribution in [2.24, 2.45) is 0 Å². The van der Waals surface area contributed by atoms with Gasteiger partial charge in [0.1, 0.15) is 11.3 Å². The van der Waals surface area contributed by atoms with Gasteiger partial charge in [0.2, 0.25) is 0 Å². The number of amides is 1. The maximum absolute atomic E-state index is 12.5. The van der Waals surface area contributed by atoms with Gasteiger partial charge in [0.15, 0.2) is 5.76 Å². The summed E-state index contributed by atoms with van der Waals surface area (Å²) in [5, 5.41) is 4.25. The molecule has 5 nitrogen and oxygen atoms in total. The van der Waals surface area contributed by atoms with Crippen LogP contribution in [0.3, 0.4) is 0 Å². The molecule has 0 aliphatic carbocycles. The van der Waals surface area contributed by atoms with Crippen molar-refractivity contribution in [1.82, 2.24) is 10.1 Å². The van der Waals surface area contributed by atoms with Gasteiger partial charge in [0.25, 0.3) is 0 Å². The fourth-order valence-electron chi connectivity index (χ4n) is 3.20. The van der Waals surface area contributed by atoms with E-state index in [4.69, 9.17) is 9.26 Å². The number of hydrogen-bond donors (Lipinski definition) is 0. The number of hydrogen-bond acceptors (Lipinski definition) is 4. The summed E-state index contributed by atoms with van der Waals surface area (Å²) in [5.74, 6) is 0.722. The van der Waals surface area contributed by atoms with Crippen LogP contribution >= 0.6 is 0 Å². The van der Waals surface area contributed by atoms with Crippen molar-refractivity contribution in [1.29, 1.82) is 0 Å². The lowest BCUT2D eigenvalue weighted by Gasteiger charge is -2.27. The molecule has 0 unspecified atom stereocenters. The first kappa shape index (κ1) is 17.5. The first-order valence-corrected chi connectivity index (χ1v) is 8.79. The normalized spacial score (nSPS) is 17.8. The number of carbonyl (C=O) groups excluding carboxylic acids is 1. The van der Waals surface area contributed by atoms with Gasteiger partial charge < -0.3 is 9.26 Å². The fourth-order valence-corrected chi connectivity index (χ4v) is 3.20. The van der Waals surface area contributed by atoms with Crippen LogP contribution in [0.15, 0.2) is 28.8 Å². The van der Waals surface area contributed by atoms with Gasteiger partial charge in [0.05, 0.1) is 6.04 Å². The molecule has 0 N–H and O–H groups in total. The lowest BCUT2D eigenvalue weighted by atomic mass is 10.0. The summed E-state index contributed by atoms with van der Waals surface area (Å²) < 4.78 is 11.1. The molecule has 1 aliphatic rings. The number of rotatable bonds is 2. The Morgan fingerprint density at radius 3 is 2.80 bits per heavy atom. The van der Waals surface area contributed by atoms with E-state index in [0.29, 0.717) is 6.54 Å². The molecule has 1 fully saturated rings. The Labute approximate surface area is 148 Å². The molecule has 2 aromatic rings. The molecule has 1 aliphatic heterocycles. The number of carbonyl (C=O) groups is 1. The first-order chi connectivity index (χ1) is 11.8. The van der Waals surface area contributed by atoms with Crippen LogP contribution in [0.2, 0.25) is 0 Å². The van der Waals surface area contributed by atoms with Crippen molar-refractivity contribution in [3.8, 4) is 11.3 Å². The van der Waals surface area contributed by atoms with E-state index in [-0.39, 0.29) is 12.1 Å². The monoisotopic (exact) mass is 342 g/mol. The number of aromatic nitrogens is 1. The summed E-state index contributed by atoms with van der Waals surface area (Å²) in [6, 6.07) is 8.00. The Morgan fingerprint density at radius 2 is 2.08 bits per heavy atom. The van der Waals surface area contributed by atoms with Gasteiger partial charge in [-0.2, -0.15) is 0 Å². The SMILES string of the molecule is Cc1cccc(-c2cc([C@@H]3CCCN3C(=O)OC(C)(C)C)on2)c1C. The number of nitrogens with zero attached hydrogens (tertiary/aromatic N) is 2. The molecule has 3 rings (SSSR count).